The number of nitrogens with zero attached hydrogens (tertiary/aromatic N) is 2. The number of hydrogen-bond donors (Lipinski definition) is 1. The number of hydrogen-bond acceptors (Lipinski definition) is 4. The third-order valence-corrected chi connectivity index (χ3v) is 3.15. The smallest absolute Gasteiger partial charge is 0.143 e. The van der Waals surface area contributed by atoms with Crippen molar-refractivity contribution in [1.82, 2.24) is 9.97 Å². The first kappa shape index (κ1) is 10.8. The van der Waals surface area contributed by atoms with Crippen LogP contribution in [0.15, 0.2) is 17.0 Å². The maximum atomic E-state index is 5.31. The predicted molar refractivity (Wildman–Crippen MR) is 61.8 cm³/mol. The van der Waals surface area contributed by atoms with Gasteiger partial charge in [-0.15, -0.1) is 0 Å². The molecule has 0 amide bonds. The number of halogens is 1. The van der Waals surface area contributed by atoms with Crippen LogP contribution in [0.5, 0.6) is 0 Å². The van der Waals surface area contributed by atoms with Crippen LogP contribution in [-0.2, 0) is 4.74 Å². The minimum absolute atomic E-state index is 0.695. The van der Waals surface area contributed by atoms with E-state index in [2.05, 4.69) is 31.2 Å². The van der Waals surface area contributed by atoms with Gasteiger partial charge in [0.15, 0.2) is 0 Å². The van der Waals surface area contributed by atoms with E-state index in [0.29, 0.717) is 5.92 Å². The van der Waals surface area contributed by atoms with Crippen LogP contribution < -0.4 is 5.32 Å². The van der Waals surface area contributed by atoms with Gasteiger partial charge in [-0.1, -0.05) is 0 Å². The van der Waals surface area contributed by atoms with E-state index in [9.17, 15) is 0 Å². The summed E-state index contributed by atoms with van der Waals surface area (Å²) >= 11 is 3.41. The van der Waals surface area contributed by atoms with E-state index in [1.165, 1.54) is 0 Å². The number of ether oxygens (including phenoxy) is 1. The molecule has 2 rings (SSSR count). The summed E-state index contributed by atoms with van der Waals surface area (Å²) in [4.78, 5) is 8.08. The lowest BCUT2D eigenvalue weighted by Crippen LogP contribution is -2.23. The van der Waals surface area contributed by atoms with E-state index in [4.69, 9.17) is 4.74 Å². The van der Waals surface area contributed by atoms with E-state index >= 15 is 0 Å². The zero-order chi connectivity index (χ0) is 10.5. The normalized spacial score (nSPS) is 17.7. The van der Waals surface area contributed by atoms with Gasteiger partial charge in [0, 0.05) is 26.0 Å². The largest absolute Gasteiger partial charge is 0.381 e. The molecule has 0 aliphatic carbocycles. The third-order valence-electron chi connectivity index (χ3n) is 2.57. The van der Waals surface area contributed by atoms with Crippen molar-refractivity contribution in [2.75, 3.05) is 25.1 Å². The summed E-state index contributed by atoms with van der Waals surface area (Å²) in [6.45, 7) is 2.73. The SMILES string of the molecule is Brc1cncnc1NCC1CCOCC1. The van der Waals surface area contributed by atoms with Crippen LogP contribution in [0.1, 0.15) is 12.8 Å². The average Bonchev–Trinajstić information content (AvgIpc) is 2.29. The summed E-state index contributed by atoms with van der Waals surface area (Å²) in [7, 11) is 0. The highest BCUT2D eigenvalue weighted by molar-refractivity contribution is 9.10. The Morgan fingerprint density at radius 2 is 2.27 bits per heavy atom. The second-order valence-corrected chi connectivity index (χ2v) is 4.51. The quantitative estimate of drug-likeness (QED) is 0.915. The molecule has 0 radical (unpaired) electrons. The second kappa shape index (κ2) is 5.42. The van der Waals surface area contributed by atoms with Crippen molar-refractivity contribution in [1.29, 1.82) is 0 Å². The fourth-order valence-electron chi connectivity index (χ4n) is 1.63. The van der Waals surface area contributed by atoms with Crippen LogP contribution in [0.3, 0.4) is 0 Å². The van der Waals surface area contributed by atoms with Crippen LogP contribution in [0.2, 0.25) is 0 Å². The number of aromatic nitrogens is 2. The van der Waals surface area contributed by atoms with Gasteiger partial charge in [0.25, 0.3) is 0 Å². The minimum Gasteiger partial charge on any atom is -0.381 e. The molecule has 0 saturated carbocycles. The molecular weight excluding hydrogens is 258 g/mol. The van der Waals surface area contributed by atoms with Crippen molar-refractivity contribution in [3.8, 4) is 0 Å². The van der Waals surface area contributed by atoms with Gasteiger partial charge in [-0.2, -0.15) is 0 Å². The van der Waals surface area contributed by atoms with Gasteiger partial charge in [-0.25, -0.2) is 9.97 Å². The van der Waals surface area contributed by atoms with Gasteiger partial charge < -0.3 is 10.1 Å². The molecule has 4 nitrogen and oxygen atoms in total. The van der Waals surface area contributed by atoms with Crippen LogP contribution in [0.25, 0.3) is 0 Å². The molecule has 0 aromatic carbocycles. The summed E-state index contributed by atoms with van der Waals surface area (Å²) in [6, 6.07) is 0. The maximum Gasteiger partial charge on any atom is 0.143 e. The lowest BCUT2D eigenvalue weighted by molar-refractivity contribution is 0.0699. The molecule has 2 heterocycles. The van der Waals surface area contributed by atoms with Crippen LogP contribution in [-0.4, -0.2) is 29.7 Å². The lowest BCUT2D eigenvalue weighted by Gasteiger charge is -2.22. The Morgan fingerprint density at radius 1 is 1.47 bits per heavy atom. The fourth-order valence-corrected chi connectivity index (χ4v) is 2.00. The molecule has 0 unspecified atom stereocenters. The van der Waals surface area contributed by atoms with Crippen molar-refractivity contribution in [2.24, 2.45) is 5.92 Å². The highest BCUT2D eigenvalue weighted by Crippen LogP contribution is 2.19. The molecule has 1 fully saturated rings. The molecule has 0 atom stereocenters. The predicted octanol–water partition coefficient (Wildman–Crippen LogP) is 2.08. The van der Waals surface area contributed by atoms with Crippen molar-refractivity contribution in [3.63, 3.8) is 0 Å². The number of anilines is 1. The Hall–Kier alpha value is -0.680. The molecule has 1 saturated heterocycles. The summed E-state index contributed by atoms with van der Waals surface area (Å²) in [6.07, 6.45) is 5.57. The Balaban J connectivity index is 1.84. The van der Waals surface area contributed by atoms with E-state index in [1.54, 1.807) is 12.5 Å². The van der Waals surface area contributed by atoms with Crippen molar-refractivity contribution < 1.29 is 4.74 Å². The first-order valence-electron chi connectivity index (χ1n) is 5.13. The van der Waals surface area contributed by atoms with Gasteiger partial charge in [0.2, 0.25) is 0 Å². The highest BCUT2D eigenvalue weighted by atomic mass is 79.9. The van der Waals surface area contributed by atoms with E-state index < -0.39 is 0 Å². The first-order chi connectivity index (χ1) is 7.36. The molecule has 0 spiro atoms. The molecule has 5 heteroatoms. The van der Waals surface area contributed by atoms with Crippen LogP contribution in [0, 0.1) is 5.92 Å². The molecule has 1 aliphatic rings. The maximum absolute atomic E-state index is 5.31. The molecule has 15 heavy (non-hydrogen) atoms. The van der Waals surface area contributed by atoms with Gasteiger partial charge >= 0.3 is 0 Å². The molecule has 1 aliphatic heterocycles. The number of rotatable bonds is 3. The van der Waals surface area contributed by atoms with Crippen molar-refractivity contribution >= 4 is 21.7 Å². The van der Waals surface area contributed by atoms with Gasteiger partial charge in [-0.3, -0.25) is 0 Å². The molecule has 0 bridgehead atoms. The average molecular weight is 272 g/mol. The van der Waals surface area contributed by atoms with E-state index in [0.717, 1.165) is 42.9 Å². The van der Waals surface area contributed by atoms with Gasteiger partial charge in [0.1, 0.15) is 12.1 Å². The van der Waals surface area contributed by atoms with Crippen LogP contribution in [0.4, 0.5) is 5.82 Å². The highest BCUT2D eigenvalue weighted by Gasteiger charge is 2.13. The first-order valence-corrected chi connectivity index (χ1v) is 5.92. The molecule has 82 valence electrons. The van der Waals surface area contributed by atoms with E-state index in [-0.39, 0.29) is 0 Å². The fraction of sp³-hybridized carbons (Fsp3) is 0.600. The molecule has 1 aromatic heterocycles. The van der Waals surface area contributed by atoms with E-state index in [1.807, 2.05) is 0 Å². The van der Waals surface area contributed by atoms with Crippen molar-refractivity contribution in [3.05, 3.63) is 17.0 Å². The summed E-state index contributed by atoms with van der Waals surface area (Å²) in [5.41, 5.74) is 0. The van der Waals surface area contributed by atoms with Crippen molar-refractivity contribution in [2.45, 2.75) is 12.8 Å². The monoisotopic (exact) mass is 271 g/mol. The third kappa shape index (κ3) is 3.14. The summed E-state index contributed by atoms with van der Waals surface area (Å²) in [5, 5.41) is 3.33. The minimum atomic E-state index is 0.695. The Kier molecular flexibility index (Phi) is 3.91. The topological polar surface area (TPSA) is 47.0 Å². The van der Waals surface area contributed by atoms with Gasteiger partial charge in [0.05, 0.1) is 4.47 Å². The lowest BCUT2D eigenvalue weighted by atomic mass is 10.0. The molecular formula is C10H14BrN3O. The van der Waals surface area contributed by atoms with Gasteiger partial charge in [-0.05, 0) is 34.7 Å². The summed E-state index contributed by atoms with van der Waals surface area (Å²) in [5.74, 6) is 1.57. The summed E-state index contributed by atoms with van der Waals surface area (Å²) < 4.78 is 6.23. The molecule has 1 N–H and O–H groups in total. The Bertz CT molecular complexity index is 315. The Morgan fingerprint density at radius 3 is 3.00 bits per heavy atom. The van der Waals surface area contributed by atoms with Crippen LogP contribution >= 0.6 is 15.9 Å². The zero-order valence-electron chi connectivity index (χ0n) is 8.45. The second-order valence-electron chi connectivity index (χ2n) is 3.66. The molecule has 1 aromatic rings. The zero-order valence-corrected chi connectivity index (χ0v) is 10.0. The number of nitrogens with one attached hydrogen (secondary N) is 1. The Labute approximate surface area is 97.6 Å². The standard InChI is InChI=1S/C10H14BrN3O/c11-9-6-12-7-14-10(9)13-5-8-1-3-15-4-2-8/h6-8H,1-5H2,(H,12,13,14).